The van der Waals surface area contributed by atoms with E-state index in [2.05, 4.69) is 88.5 Å². The Morgan fingerprint density at radius 2 is 1.44 bits per heavy atom. The van der Waals surface area contributed by atoms with Gasteiger partial charge in [0.1, 0.15) is 0 Å². The Morgan fingerprint density at radius 3 is 2.00 bits per heavy atom. The Hall–Kier alpha value is -1.83. The molecular weight excluding hydrogens is 428 g/mol. The molecule has 2 aromatic carbocycles. The summed E-state index contributed by atoms with van der Waals surface area (Å²) in [6.07, 6.45) is 5.63. The maximum atomic E-state index is 6.96. The third kappa shape index (κ3) is 6.83. The minimum Gasteiger partial charge on any atom is -0.493 e. The summed E-state index contributed by atoms with van der Waals surface area (Å²) in [5.74, 6) is 1.52. The quantitative estimate of drug-likeness (QED) is 0.226. The molecule has 0 amide bonds. The van der Waals surface area contributed by atoms with E-state index in [0.29, 0.717) is 0 Å². The van der Waals surface area contributed by atoms with E-state index in [1.54, 1.807) is 14.2 Å². The van der Waals surface area contributed by atoms with E-state index in [1.807, 2.05) is 6.07 Å². The summed E-state index contributed by atoms with van der Waals surface area (Å²) >= 11 is 0. The average Bonchev–Trinajstić information content (AvgIpc) is 2.84. The van der Waals surface area contributed by atoms with Gasteiger partial charge in [0.25, 0.3) is 0 Å². The van der Waals surface area contributed by atoms with Crippen LogP contribution in [-0.4, -0.2) is 30.6 Å². The second-order valence-electron chi connectivity index (χ2n) is 9.13. The maximum Gasteiger partial charge on any atom is 0.192 e. The Bertz CT molecular complexity index is 837. The molecule has 32 heavy (non-hydrogen) atoms. The van der Waals surface area contributed by atoms with Gasteiger partial charge in [0.05, 0.1) is 28.4 Å². The second-order valence-corrected chi connectivity index (χ2v) is 18.6. The van der Waals surface area contributed by atoms with E-state index < -0.39 is 16.4 Å². The number of hydrogen-bond acceptors (Lipinski definition) is 3. The van der Waals surface area contributed by atoms with Crippen LogP contribution in [-0.2, 0) is 4.43 Å². The normalized spacial score (nSPS) is 13.3. The van der Waals surface area contributed by atoms with Crippen molar-refractivity contribution in [3.05, 3.63) is 66.2 Å². The summed E-state index contributed by atoms with van der Waals surface area (Å²) in [6.45, 7) is 11.7. The van der Waals surface area contributed by atoms with Gasteiger partial charge in [-0.05, 0) is 48.3 Å². The smallest absolute Gasteiger partial charge is 0.192 e. The number of methoxy groups -OCH3 is 2. The van der Waals surface area contributed by atoms with Gasteiger partial charge in [-0.2, -0.15) is 0 Å². The molecule has 1 unspecified atom stereocenters. The zero-order valence-electron chi connectivity index (χ0n) is 21.1. The van der Waals surface area contributed by atoms with Crippen molar-refractivity contribution in [3.8, 4) is 11.5 Å². The van der Waals surface area contributed by atoms with Gasteiger partial charge in [-0.25, -0.2) is 0 Å². The molecule has 1 atom stereocenters. The van der Waals surface area contributed by atoms with Crippen LogP contribution < -0.4 is 14.7 Å². The molecule has 2 rings (SSSR count). The molecule has 0 N–H and O–H groups in total. The Morgan fingerprint density at radius 1 is 0.812 bits per heavy atom. The van der Waals surface area contributed by atoms with Crippen molar-refractivity contribution in [3.63, 3.8) is 0 Å². The van der Waals surface area contributed by atoms with Gasteiger partial charge in [0.2, 0.25) is 0 Å². The van der Waals surface area contributed by atoms with Crippen molar-refractivity contribution in [1.82, 2.24) is 0 Å². The molecule has 0 saturated carbocycles. The SMILES string of the molecule is CC[Si](CC)(CC)OC(C/C=C\C[Si](C)(C)c1ccccc1)c1ccc(OC)c(OC)c1. The fourth-order valence-corrected chi connectivity index (χ4v) is 9.13. The van der Waals surface area contributed by atoms with E-state index >= 15 is 0 Å². The minimum absolute atomic E-state index is 0.0408. The summed E-state index contributed by atoms with van der Waals surface area (Å²) in [7, 11) is 0.127. The molecule has 0 fully saturated rings. The highest BCUT2D eigenvalue weighted by Gasteiger charge is 2.32. The predicted octanol–water partition coefficient (Wildman–Crippen LogP) is 7.33. The summed E-state index contributed by atoms with van der Waals surface area (Å²) in [5, 5.41) is 1.51. The van der Waals surface area contributed by atoms with Crippen LogP contribution in [0.4, 0.5) is 0 Å². The molecule has 2 aromatic rings. The van der Waals surface area contributed by atoms with Crippen molar-refractivity contribution in [2.45, 2.75) is 70.6 Å². The van der Waals surface area contributed by atoms with Gasteiger partial charge in [-0.15, -0.1) is 0 Å². The monoisotopic (exact) mass is 470 g/mol. The van der Waals surface area contributed by atoms with E-state index in [9.17, 15) is 0 Å². The summed E-state index contributed by atoms with van der Waals surface area (Å²) in [4.78, 5) is 0. The van der Waals surface area contributed by atoms with Crippen LogP contribution in [0.25, 0.3) is 0 Å². The van der Waals surface area contributed by atoms with Gasteiger partial charge in [0.15, 0.2) is 19.8 Å². The van der Waals surface area contributed by atoms with Crippen LogP contribution >= 0.6 is 0 Å². The van der Waals surface area contributed by atoms with Crippen LogP contribution in [0.15, 0.2) is 60.7 Å². The first-order chi connectivity index (χ1) is 15.3. The highest BCUT2D eigenvalue weighted by molar-refractivity contribution is 6.90. The zero-order chi connectivity index (χ0) is 23.6. The van der Waals surface area contributed by atoms with Crippen molar-refractivity contribution in [1.29, 1.82) is 0 Å². The van der Waals surface area contributed by atoms with Gasteiger partial charge >= 0.3 is 0 Å². The molecule has 0 heterocycles. The summed E-state index contributed by atoms with van der Waals surface area (Å²) in [5.41, 5.74) is 1.17. The zero-order valence-corrected chi connectivity index (χ0v) is 23.1. The van der Waals surface area contributed by atoms with Crippen LogP contribution in [0, 0.1) is 0 Å². The third-order valence-electron chi connectivity index (χ3n) is 6.80. The largest absolute Gasteiger partial charge is 0.493 e. The van der Waals surface area contributed by atoms with E-state index in [-0.39, 0.29) is 6.10 Å². The first kappa shape index (κ1) is 26.4. The van der Waals surface area contributed by atoms with E-state index in [1.165, 1.54) is 10.8 Å². The number of ether oxygens (including phenoxy) is 2. The number of benzene rings is 2. The van der Waals surface area contributed by atoms with Crippen molar-refractivity contribution in [2.24, 2.45) is 0 Å². The summed E-state index contributed by atoms with van der Waals surface area (Å²) < 4.78 is 18.0. The first-order valence-corrected chi connectivity index (χ1v) is 17.7. The van der Waals surface area contributed by atoms with E-state index in [0.717, 1.165) is 42.1 Å². The third-order valence-corrected chi connectivity index (χ3v) is 14.6. The molecule has 0 aliphatic carbocycles. The molecule has 0 aliphatic rings. The first-order valence-electron chi connectivity index (χ1n) is 11.9. The Labute approximate surface area is 197 Å². The lowest BCUT2D eigenvalue weighted by Gasteiger charge is -2.33. The van der Waals surface area contributed by atoms with Crippen molar-refractivity contribution < 1.29 is 13.9 Å². The van der Waals surface area contributed by atoms with Crippen molar-refractivity contribution in [2.75, 3.05) is 14.2 Å². The summed E-state index contributed by atoms with van der Waals surface area (Å²) in [6, 6.07) is 21.7. The minimum atomic E-state index is -1.76. The van der Waals surface area contributed by atoms with Crippen LogP contribution in [0.1, 0.15) is 38.9 Å². The fraction of sp³-hybridized carbons (Fsp3) is 0.481. The lowest BCUT2D eigenvalue weighted by Crippen LogP contribution is -2.40. The van der Waals surface area contributed by atoms with Crippen molar-refractivity contribution >= 4 is 21.6 Å². The average molecular weight is 471 g/mol. The number of rotatable bonds is 13. The molecule has 0 aromatic heterocycles. The van der Waals surface area contributed by atoms with Crippen LogP contribution in [0.5, 0.6) is 11.5 Å². The predicted molar refractivity (Wildman–Crippen MR) is 143 cm³/mol. The fourth-order valence-electron chi connectivity index (χ4n) is 4.21. The highest BCUT2D eigenvalue weighted by Crippen LogP contribution is 2.36. The molecule has 0 saturated heterocycles. The van der Waals surface area contributed by atoms with Gasteiger partial charge in [-0.3, -0.25) is 0 Å². The van der Waals surface area contributed by atoms with Gasteiger partial charge in [-0.1, -0.05) is 87.6 Å². The molecule has 0 aliphatic heterocycles. The van der Waals surface area contributed by atoms with E-state index in [4.69, 9.17) is 13.9 Å². The Balaban J connectivity index is 2.24. The van der Waals surface area contributed by atoms with Gasteiger partial charge in [0, 0.05) is 0 Å². The topological polar surface area (TPSA) is 27.7 Å². The Kier molecular flexibility index (Phi) is 10.3. The van der Waals surface area contributed by atoms with Gasteiger partial charge < -0.3 is 13.9 Å². The second kappa shape index (κ2) is 12.4. The maximum absolute atomic E-state index is 6.96. The van der Waals surface area contributed by atoms with Crippen LogP contribution in [0.3, 0.4) is 0 Å². The lowest BCUT2D eigenvalue weighted by atomic mass is 10.1. The molecule has 3 nitrogen and oxygen atoms in total. The lowest BCUT2D eigenvalue weighted by molar-refractivity contribution is 0.192. The van der Waals surface area contributed by atoms with Crippen LogP contribution in [0.2, 0.25) is 37.3 Å². The molecule has 0 spiro atoms. The number of hydrogen-bond donors (Lipinski definition) is 0. The number of allylic oxidation sites excluding steroid dienone is 1. The molecule has 176 valence electrons. The highest BCUT2D eigenvalue weighted by atomic mass is 28.4. The molecular formula is C27H42O3Si2. The molecule has 5 heteroatoms. The molecule has 0 radical (unpaired) electrons. The standard InChI is InChI=1S/C27H42O3Si2/c1-8-32(9-2,10-3)30-25(23-19-20-26(28-4)27(22-23)29-5)18-14-15-21-31(6,7)24-16-12-11-13-17-24/h11-17,19-20,22,25H,8-10,18,21H2,1-7H3/b15-14-. The molecule has 0 bridgehead atoms.